The van der Waals surface area contributed by atoms with Gasteiger partial charge in [0.05, 0.1) is 11.6 Å². The summed E-state index contributed by atoms with van der Waals surface area (Å²) >= 11 is 5.88. The van der Waals surface area contributed by atoms with Crippen LogP contribution >= 0.6 is 11.6 Å². The van der Waals surface area contributed by atoms with Crippen molar-refractivity contribution in [3.8, 4) is 0 Å². The third-order valence-electron chi connectivity index (χ3n) is 2.21. The lowest BCUT2D eigenvalue weighted by atomic mass is 10.2. The fourth-order valence-corrected chi connectivity index (χ4v) is 1.64. The molecule has 88 valence electrons. The third kappa shape index (κ3) is 2.74. The van der Waals surface area contributed by atoms with Crippen molar-refractivity contribution in [1.82, 2.24) is 4.98 Å². The number of benzene rings is 1. The van der Waals surface area contributed by atoms with E-state index in [1.165, 1.54) is 0 Å². The van der Waals surface area contributed by atoms with Gasteiger partial charge in [0, 0.05) is 10.4 Å². The molecule has 0 atom stereocenters. The average Bonchev–Trinajstić information content (AvgIpc) is 2.27. The van der Waals surface area contributed by atoms with Gasteiger partial charge in [-0.15, -0.1) is 0 Å². The van der Waals surface area contributed by atoms with Crippen molar-refractivity contribution in [3.63, 3.8) is 0 Å². The van der Waals surface area contributed by atoms with Gasteiger partial charge in [-0.3, -0.25) is 0 Å². The first-order chi connectivity index (χ1) is 8.06. The largest absolute Gasteiger partial charge is 0.458 e. The van der Waals surface area contributed by atoms with Crippen molar-refractivity contribution in [1.29, 1.82) is 0 Å². The van der Waals surface area contributed by atoms with Gasteiger partial charge in [0.2, 0.25) is 0 Å². The molecule has 3 nitrogen and oxygen atoms in total. The number of rotatable bonds is 2. The van der Waals surface area contributed by atoms with Crippen LogP contribution in [-0.2, 0) is 4.74 Å². The van der Waals surface area contributed by atoms with E-state index in [2.05, 4.69) is 4.98 Å². The Morgan fingerprint density at radius 2 is 2.00 bits per heavy atom. The van der Waals surface area contributed by atoms with Gasteiger partial charge >= 0.3 is 5.97 Å². The SMILES string of the molecule is CC(C)OC(=O)c1ccc2ccc(Cl)cc2n1. The van der Waals surface area contributed by atoms with Gasteiger partial charge in [0.1, 0.15) is 5.69 Å². The van der Waals surface area contributed by atoms with Gasteiger partial charge in [0.25, 0.3) is 0 Å². The maximum Gasteiger partial charge on any atom is 0.357 e. The lowest BCUT2D eigenvalue weighted by molar-refractivity contribution is 0.0371. The number of hydrogen-bond donors (Lipinski definition) is 0. The molecule has 0 aliphatic carbocycles. The molecule has 1 aromatic heterocycles. The maximum absolute atomic E-state index is 11.7. The highest BCUT2D eigenvalue weighted by atomic mass is 35.5. The predicted molar refractivity (Wildman–Crippen MR) is 67.3 cm³/mol. The molecule has 0 radical (unpaired) electrons. The minimum atomic E-state index is -0.415. The maximum atomic E-state index is 11.7. The van der Waals surface area contributed by atoms with Crippen LogP contribution in [0.5, 0.6) is 0 Å². The highest BCUT2D eigenvalue weighted by Crippen LogP contribution is 2.18. The molecular formula is C13H12ClNO2. The molecule has 0 saturated carbocycles. The Morgan fingerprint density at radius 1 is 1.29 bits per heavy atom. The first-order valence-corrected chi connectivity index (χ1v) is 5.71. The normalized spacial score (nSPS) is 10.8. The van der Waals surface area contributed by atoms with E-state index in [-0.39, 0.29) is 6.10 Å². The highest BCUT2D eigenvalue weighted by Gasteiger charge is 2.11. The Hall–Kier alpha value is -1.61. The zero-order chi connectivity index (χ0) is 12.4. The van der Waals surface area contributed by atoms with Crippen LogP contribution in [0.3, 0.4) is 0 Å². The Kier molecular flexibility index (Phi) is 3.29. The Labute approximate surface area is 104 Å². The second kappa shape index (κ2) is 4.72. The molecule has 1 aromatic carbocycles. The molecule has 0 spiro atoms. The number of halogens is 1. The monoisotopic (exact) mass is 249 g/mol. The van der Waals surface area contributed by atoms with Crippen molar-refractivity contribution in [2.45, 2.75) is 20.0 Å². The summed E-state index contributed by atoms with van der Waals surface area (Å²) in [5, 5.41) is 1.54. The van der Waals surface area contributed by atoms with Crippen LogP contribution in [-0.4, -0.2) is 17.1 Å². The molecule has 1 heterocycles. The van der Waals surface area contributed by atoms with Gasteiger partial charge in [-0.05, 0) is 32.0 Å². The van der Waals surface area contributed by atoms with Crippen LogP contribution < -0.4 is 0 Å². The van der Waals surface area contributed by atoms with Gasteiger partial charge in [-0.2, -0.15) is 0 Å². The lowest BCUT2D eigenvalue weighted by Crippen LogP contribution is -2.12. The molecule has 2 rings (SSSR count). The Balaban J connectivity index is 2.40. The van der Waals surface area contributed by atoms with Crippen molar-refractivity contribution in [2.75, 3.05) is 0 Å². The van der Waals surface area contributed by atoms with Crippen molar-refractivity contribution < 1.29 is 9.53 Å². The summed E-state index contributed by atoms with van der Waals surface area (Å²) in [4.78, 5) is 15.9. The van der Waals surface area contributed by atoms with E-state index in [1.807, 2.05) is 12.1 Å². The van der Waals surface area contributed by atoms with E-state index < -0.39 is 5.97 Å². The number of esters is 1. The number of pyridine rings is 1. The predicted octanol–water partition coefficient (Wildman–Crippen LogP) is 3.45. The number of hydrogen-bond acceptors (Lipinski definition) is 3. The van der Waals surface area contributed by atoms with Crippen LogP contribution in [0.1, 0.15) is 24.3 Å². The summed E-state index contributed by atoms with van der Waals surface area (Å²) in [6.07, 6.45) is -0.153. The van der Waals surface area contributed by atoms with Crippen LogP contribution in [0, 0.1) is 0 Å². The number of carbonyl (C=O) groups excluding carboxylic acids is 1. The summed E-state index contributed by atoms with van der Waals surface area (Å²) < 4.78 is 5.08. The Morgan fingerprint density at radius 3 is 2.71 bits per heavy atom. The summed E-state index contributed by atoms with van der Waals surface area (Å²) in [7, 11) is 0. The minimum absolute atomic E-state index is 0.153. The van der Waals surface area contributed by atoms with Crippen molar-refractivity contribution in [3.05, 3.63) is 41.0 Å². The van der Waals surface area contributed by atoms with Crippen molar-refractivity contribution >= 4 is 28.5 Å². The fraction of sp³-hybridized carbons (Fsp3) is 0.231. The van der Waals surface area contributed by atoms with Crippen LogP contribution in [0.15, 0.2) is 30.3 Å². The number of nitrogens with zero attached hydrogens (tertiary/aromatic N) is 1. The minimum Gasteiger partial charge on any atom is -0.458 e. The summed E-state index contributed by atoms with van der Waals surface area (Å²) in [6.45, 7) is 3.60. The number of carbonyl (C=O) groups is 1. The number of ether oxygens (including phenoxy) is 1. The first kappa shape index (κ1) is 11.9. The van der Waals surface area contributed by atoms with E-state index >= 15 is 0 Å². The van der Waals surface area contributed by atoms with Crippen molar-refractivity contribution in [2.24, 2.45) is 0 Å². The Bertz CT molecular complexity index is 566. The van der Waals surface area contributed by atoms with Crippen LogP contribution in [0.2, 0.25) is 5.02 Å². The van der Waals surface area contributed by atoms with Gasteiger partial charge in [-0.25, -0.2) is 9.78 Å². The average molecular weight is 250 g/mol. The third-order valence-corrected chi connectivity index (χ3v) is 2.44. The molecule has 0 aliphatic heterocycles. The van der Waals surface area contributed by atoms with Gasteiger partial charge < -0.3 is 4.74 Å². The van der Waals surface area contributed by atoms with E-state index in [0.29, 0.717) is 16.2 Å². The van der Waals surface area contributed by atoms with E-state index in [9.17, 15) is 4.79 Å². The molecule has 0 N–H and O–H groups in total. The van der Waals surface area contributed by atoms with E-state index in [1.54, 1.807) is 32.0 Å². The second-order valence-corrected chi connectivity index (χ2v) is 4.42. The van der Waals surface area contributed by atoms with Gasteiger partial charge in [-0.1, -0.05) is 23.7 Å². The van der Waals surface area contributed by atoms with Crippen LogP contribution in [0.25, 0.3) is 10.9 Å². The molecule has 0 unspecified atom stereocenters. The van der Waals surface area contributed by atoms with E-state index in [0.717, 1.165) is 5.39 Å². The molecular weight excluding hydrogens is 238 g/mol. The smallest absolute Gasteiger partial charge is 0.357 e. The van der Waals surface area contributed by atoms with E-state index in [4.69, 9.17) is 16.3 Å². The molecule has 4 heteroatoms. The zero-order valence-corrected chi connectivity index (χ0v) is 10.4. The molecule has 0 aliphatic rings. The first-order valence-electron chi connectivity index (χ1n) is 5.33. The topological polar surface area (TPSA) is 39.2 Å². The highest BCUT2D eigenvalue weighted by molar-refractivity contribution is 6.31. The number of aromatic nitrogens is 1. The van der Waals surface area contributed by atoms with Crippen LogP contribution in [0.4, 0.5) is 0 Å². The molecule has 17 heavy (non-hydrogen) atoms. The lowest BCUT2D eigenvalue weighted by Gasteiger charge is -2.07. The fourth-order valence-electron chi connectivity index (χ4n) is 1.48. The van der Waals surface area contributed by atoms with Gasteiger partial charge in [0.15, 0.2) is 0 Å². The summed E-state index contributed by atoms with van der Waals surface area (Å²) in [6, 6.07) is 8.86. The molecule has 0 amide bonds. The standard InChI is InChI=1S/C13H12ClNO2/c1-8(2)17-13(16)11-6-4-9-3-5-10(14)7-12(9)15-11/h3-8H,1-2H3. The molecule has 0 bridgehead atoms. The summed E-state index contributed by atoms with van der Waals surface area (Å²) in [5.41, 5.74) is 0.990. The molecule has 0 saturated heterocycles. The summed E-state index contributed by atoms with van der Waals surface area (Å²) in [5.74, 6) is -0.415. The zero-order valence-electron chi connectivity index (χ0n) is 9.61. The molecule has 0 fully saturated rings. The second-order valence-electron chi connectivity index (χ2n) is 3.99. The molecule has 2 aromatic rings. The quantitative estimate of drug-likeness (QED) is 0.766. The number of fused-ring (bicyclic) bond motifs is 1.